The third-order valence-corrected chi connectivity index (χ3v) is 7.29. The molecular weight excluding hydrogens is 573 g/mol. The van der Waals surface area contributed by atoms with Gasteiger partial charge in [0, 0.05) is 55.2 Å². The summed E-state index contributed by atoms with van der Waals surface area (Å²) in [6.07, 6.45) is -3.32. The molecule has 44 heavy (non-hydrogen) atoms. The van der Waals surface area contributed by atoms with Gasteiger partial charge in [0.25, 0.3) is 5.91 Å². The standard InChI is InChI=1S/C32H33F3N6O3/c1-21-4-5-22(20-41-16-14-40(2)15-17-41)18-27(21)38-30(42)24-6-10-25(11-7-24)37-31-36-19-28(43-3)29(39-31)23-8-12-26(13-9-23)44-32(33,34)35/h4-13,18-19H,14-17,20H2,1-3H3,(H,38,42)(H,36,37,39). The maximum atomic E-state index is 13.1. The van der Waals surface area contributed by atoms with Crippen molar-refractivity contribution >= 4 is 23.2 Å². The van der Waals surface area contributed by atoms with Crippen LogP contribution in [0.15, 0.2) is 72.9 Å². The molecule has 1 amide bonds. The summed E-state index contributed by atoms with van der Waals surface area (Å²) in [7, 11) is 3.58. The van der Waals surface area contributed by atoms with Crippen LogP contribution < -0.4 is 20.1 Å². The number of carbonyl (C=O) groups is 1. The number of aryl methyl sites for hydroxylation is 1. The van der Waals surface area contributed by atoms with Gasteiger partial charge in [-0.2, -0.15) is 0 Å². The van der Waals surface area contributed by atoms with Crippen molar-refractivity contribution in [3.8, 4) is 22.8 Å². The van der Waals surface area contributed by atoms with Crippen molar-refractivity contribution in [2.24, 2.45) is 0 Å². The summed E-state index contributed by atoms with van der Waals surface area (Å²) in [5, 5.41) is 6.13. The average molecular weight is 607 g/mol. The summed E-state index contributed by atoms with van der Waals surface area (Å²) in [5.74, 6) is 0.0129. The molecule has 0 spiro atoms. The number of rotatable bonds is 9. The van der Waals surface area contributed by atoms with E-state index in [1.165, 1.54) is 37.6 Å². The Morgan fingerprint density at radius 3 is 2.34 bits per heavy atom. The molecule has 9 nitrogen and oxygen atoms in total. The van der Waals surface area contributed by atoms with E-state index in [4.69, 9.17) is 4.74 Å². The maximum absolute atomic E-state index is 13.1. The van der Waals surface area contributed by atoms with E-state index < -0.39 is 6.36 Å². The zero-order chi connectivity index (χ0) is 31.3. The van der Waals surface area contributed by atoms with Crippen LogP contribution in [0.3, 0.4) is 0 Å². The van der Waals surface area contributed by atoms with Crippen LogP contribution in [-0.2, 0) is 6.54 Å². The first-order valence-electron chi connectivity index (χ1n) is 14.0. The Labute approximate surface area is 253 Å². The number of methoxy groups -OCH3 is 1. The lowest BCUT2D eigenvalue weighted by atomic mass is 10.1. The zero-order valence-electron chi connectivity index (χ0n) is 24.6. The molecule has 1 aliphatic heterocycles. The van der Waals surface area contributed by atoms with E-state index in [1.807, 2.05) is 19.1 Å². The lowest BCUT2D eigenvalue weighted by Crippen LogP contribution is -2.43. The molecular formula is C32H33F3N6O3. The Hall–Kier alpha value is -4.68. The Morgan fingerprint density at radius 1 is 0.977 bits per heavy atom. The number of ether oxygens (including phenoxy) is 2. The molecule has 0 unspecified atom stereocenters. The van der Waals surface area contributed by atoms with Gasteiger partial charge < -0.3 is 25.0 Å². The molecule has 0 saturated carbocycles. The van der Waals surface area contributed by atoms with Gasteiger partial charge in [-0.05, 0) is 79.7 Å². The molecule has 0 atom stereocenters. The van der Waals surface area contributed by atoms with Gasteiger partial charge in [-0.1, -0.05) is 12.1 Å². The van der Waals surface area contributed by atoms with Gasteiger partial charge in [-0.3, -0.25) is 9.69 Å². The molecule has 1 aliphatic rings. The highest BCUT2D eigenvalue weighted by Crippen LogP contribution is 2.31. The van der Waals surface area contributed by atoms with E-state index >= 15 is 0 Å². The monoisotopic (exact) mass is 606 g/mol. The number of nitrogens with one attached hydrogen (secondary N) is 2. The van der Waals surface area contributed by atoms with Crippen molar-refractivity contribution in [3.05, 3.63) is 89.6 Å². The molecule has 1 fully saturated rings. The Morgan fingerprint density at radius 2 is 1.68 bits per heavy atom. The fourth-order valence-electron chi connectivity index (χ4n) is 4.80. The number of halogens is 3. The minimum atomic E-state index is -4.78. The lowest BCUT2D eigenvalue weighted by molar-refractivity contribution is -0.274. The number of carbonyl (C=O) groups excluding carboxylic acids is 1. The highest BCUT2D eigenvalue weighted by atomic mass is 19.4. The molecule has 230 valence electrons. The molecule has 3 aromatic carbocycles. The fraction of sp³-hybridized carbons (Fsp3) is 0.281. The van der Waals surface area contributed by atoms with E-state index in [0.29, 0.717) is 28.3 Å². The number of benzene rings is 3. The minimum Gasteiger partial charge on any atom is -0.493 e. The van der Waals surface area contributed by atoms with Crippen molar-refractivity contribution in [3.63, 3.8) is 0 Å². The first-order chi connectivity index (χ1) is 21.1. The molecule has 4 aromatic rings. The number of aromatic nitrogens is 2. The first-order valence-corrected chi connectivity index (χ1v) is 14.0. The third-order valence-electron chi connectivity index (χ3n) is 7.29. The molecule has 2 N–H and O–H groups in total. The minimum absolute atomic E-state index is 0.225. The second kappa shape index (κ2) is 13.3. The molecule has 0 bridgehead atoms. The molecule has 0 radical (unpaired) electrons. The van der Waals surface area contributed by atoms with E-state index in [9.17, 15) is 18.0 Å². The Balaban J connectivity index is 1.24. The van der Waals surface area contributed by atoms with E-state index in [-0.39, 0.29) is 17.6 Å². The van der Waals surface area contributed by atoms with Crippen molar-refractivity contribution in [2.45, 2.75) is 19.8 Å². The molecule has 5 rings (SSSR count). The van der Waals surface area contributed by atoms with Gasteiger partial charge in [0.15, 0.2) is 5.75 Å². The quantitative estimate of drug-likeness (QED) is 0.236. The summed E-state index contributed by atoms with van der Waals surface area (Å²) in [6.45, 7) is 6.93. The number of amides is 1. The molecule has 0 aliphatic carbocycles. The molecule has 12 heteroatoms. The van der Waals surface area contributed by atoms with E-state index in [0.717, 1.165) is 49.5 Å². The SMILES string of the molecule is COc1cnc(Nc2ccc(C(=O)Nc3cc(CN4CCN(C)CC4)ccc3C)cc2)nc1-c1ccc(OC(F)(F)F)cc1. The van der Waals surface area contributed by atoms with Gasteiger partial charge in [0.2, 0.25) is 5.95 Å². The summed E-state index contributed by atoms with van der Waals surface area (Å²) in [4.78, 5) is 26.6. The second-order valence-electron chi connectivity index (χ2n) is 10.6. The van der Waals surface area contributed by atoms with Crippen molar-refractivity contribution in [1.29, 1.82) is 0 Å². The fourth-order valence-corrected chi connectivity index (χ4v) is 4.80. The van der Waals surface area contributed by atoms with Crippen LogP contribution in [0.5, 0.6) is 11.5 Å². The van der Waals surface area contributed by atoms with Crippen LogP contribution in [0.4, 0.5) is 30.5 Å². The van der Waals surface area contributed by atoms with Crippen LogP contribution in [0.1, 0.15) is 21.5 Å². The topological polar surface area (TPSA) is 91.8 Å². The van der Waals surface area contributed by atoms with Crippen LogP contribution >= 0.6 is 0 Å². The summed E-state index contributed by atoms with van der Waals surface area (Å²) < 4.78 is 46.9. The van der Waals surface area contributed by atoms with Crippen LogP contribution in [0, 0.1) is 6.92 Å². The van der Waals surface area contributed by atoms with Gasteiger partial charge in [-0.15, -0.1) is 13.2 Å². The van der Waals surface area contributed by atoms with Crippen LogP contribution in [-0.4, -0.2) is 72.4 Å². The highest BCUT2D eigenvalue weighted by molar-refractivity contribution is 6.04. The maximum Gasteiger partial charge on any atom is 0.573 e. The second-order valence-corrected chi connectivity index (χ2v) is 10.6. The number of hydrogen-bond donors (Lipinski definition) is 2. The number of likely N-dealkylation sites (N-methyl/N-ethyl adjacent to an activating group) is 1. The highest BCUT2D eigenvalue weighted by Gasteiger charge is 2.31. The zero-order valence-corrected chi connectivity index (χ0v) is 24.6. The third kappa shape index (κ3) is 8.03. The normalized spacial score (nSPS) is 14.2. The molecule has 1 saturated heterocycles. The van der Waals surface area contributed by atoms with Crippen molar-refractivity contribution in [2.75, 3.05) is 51.0 Å². The Kier molecular flexibility index (Phi) is 9.31. The van der Waals surface area contributed by atoms with Crippen LogP contribution in [0.2, 0.25) is 0 Å². The van der Waals surface area contributed by atoms with Gasteiger partial charge in [-0.25, -0.2) is 9.97 Å². The van der Waals surface area contributed by atoms with Gasteiger partial charge >= 0.3 is 6.36 Å². The van der Waals surface area contributed by atoms with Gasteiger partial charge in [0.1, 0.15) is 11.4 Å². The number of hydrogen-bond acceptors (Lipinski definition) is 8. The van der Waals surface area contributed by atoms with Crippen molar-refractivity contribution in [1.82, 2.24) is 19.8 Å². The largest absolute Gasteiger partial charge is 0.573 e. The van der Waals surface area contributed by atoms with E-state index in [1.54, 1.807) is 24.3 Å². The summed E-state index contributed by atoms with van der Waals surface area (Å²) >= 11 is 0. The predicted octanol–water partition coefficient (Wildman–Crippen LogP) is 6.10. The number of nitrogens with zero attached hydrogens (tertiary/aromatic N) is 4. The smallest absolute Gasteiger partial charge is 0.493 e. The molecule has 1 aromatic heterocycles. The van der Waals surface area contributed by atoms with E-state index in [2.05, 4.69) is 48.3 Å². The summed E-state index contributed by atoms with van der Waals surface area (Å²) in [5.41, 5.74) is 4.92. The molecule has 2 heterocycles. The van der Waals surface area contributed by atoms with Crippen LogP contribution in [0.25, 0.3) is 11.3 Å². The Bertz CT molecular complexity index is 1590. The average Bonchev–Trinajstić information content (AvgIpc) is 3.00. The van der Waals surface area contributed by atoms with Crippen molar-refractivity contribution < 1.29 is 27.4 Å². The predicted molar refractivity (Wildman–Crippen MR) is 162 cm³/mol. The summed E-state index contributed by atoms with van der Waals surface area (Å²) in [6, 6.07) is 18.4. The first kappa shape index (κ1) is 30.8. The number of alkyl halides is 3. The number of piperazine rings is 1. The number of anilines is 3. The van der Waals surface area contributed by atoms with Gasteiger partial charge in [0.05, 0.1) is 13.3 Å². The lowest BCUT2D eigenvalue weighted by Gasteiger charge is -2.32.